The molecule has 1 heterocycles. The fourth-order valence-corrected chi connectivity index (χ4v) is 2.21. The van der Waals surface area contributed by atoms with Gasteiger partial charge in [-0.15, -0.1) is 0 Å². The SMILES string of the molecule is C[C@H](C(=O)NCC(C)(C)c1cccc(C(F)(F)F)c1)n1cncn1. The van der Waals surface area contributed by atoms with Crippen LogP contribution in [0.25, 0.3) is 0 Å². The van der Waals surface area contributed by atoms with Crippen molar-refractivity contribution in [3.63, 3.8) is 0 Å². The van der Waals surface area contributed by atoms with E-state index in [1.807, 2.05) is 0 Å². The molecular formula is C16H19F3N4O. The van der Waals surface area contributed by atoms with Crippen LogP contribution in [0.15, 0.2) is 36.9 Å². The second-order valence-electron chi connectivity index (χ2n) is 6.23. The zero-order valence-corrected chi connectivity index (χ0v) is 13.6. The average Bonchev–Trinajstić information content (AvgIpc) is 3.05. The van der Waals surface area contributed by atoms with Gasteiger partial charge in [0.05, 0.1) is 5.56 Å². The van der Waals surface area contributed by atoms with Crippen LogP contribution in [0.2, 0.25) is 0 Å². The number of carbonyl (C=O) groups excluding carboxylic acids is 1. The molecule has 1 atom stereocenters. The van der Waals surface area contributed by atoms with Gasteiger partial charge in [0.1, 0.15) is 18.7 Å². The van der Waals surface area contributed by atoms with Crippen LogP contribution in [0.5, 0.6) is 0 Å². The van der Waals surface area contributed by atoms with Crippen LogP contribution in [0, 0.1) is 0 Å². The van der Waals surface area contributed by atoms with Crippen molar-refractivity contribution < 1.29 is 18.0 Å². The van der Waals surface area contributed by atoms with Gasteiger partial charge in [0.15, 0.2) is 0 Å². The Hall–Kier alpha value is -2.38. The molecule has 8 heteroatoms. The minimum absolute atomic E-state index is 0.201. The summed E-state index contributed by atoms with van der Waals surface area (Å²) in [5.74, 6) is -0.277. The topological polar surface area (TPSA) is 59.8 Å². The van der Waals surface area contributed by atoms with Gasteiger partial charge < -0.3 is 5.32 Å². The summed E-state index contributed by atoms with van der Waals surface area (Å²) in [5, 5.41) is 6.66. The molecular weight excluding hydrogens is 321 g/mol. The lowest BCUT2D eigenvalue weighted by Gasteiger charge is -2.27. The third kappa shape index (κ3) is 4.12. The quantitative estimate of drug-likeness (QED) is 0.910. The van der Waals surface area contributed by atoms with Crippen LogP contribution < -0.4 is 5.32 Å². The fraction of sp³-hybridized carbons (Fsp3) is 0.438. The van der Waals surface area contributed by atoms with Gasteiger partial charge >= 0.3 is 6.18 Å². The van der Waals surface area contributed by atoms with E-state index in [4.69, 9.17) is 0 Å². The smallest absolute Gasteiger partial charge is 0.353 e. The Kier molecular flexibility index (Phi) is 4.96. The monoisotopic (exact) mass is 340 g/mol. The summed E-state index contributed by atoms with van der Waals surface area (Å²) in [5.41, 5.74) is -0.847. The van der Waals surface area contributed by atoms with Gasteiger partial charge in [-0.1, -0.05) is 32.0 Å². The van der Waals surface area contributed by atoms with E-state index in [9.17, 15) is 18.0 Å². The van der Waals surface area contributed by atoms with E-state index in [1.54, 1.807) is 26.8 Å². The van der Waals surface area contributed by atoms with Crippen molar-refractivity contribution >= 4 is 5.91 Å². The molecule has 5 nitrogen and oxygen atoms in total. The maximum Gasteiger partial charge on any atom is 0.416 e. The Morgan fingerprint density at radius 1 is 1.29 bits per heavy atom. The Balaban J connectivity index is 2.07. The maximum atomic E-state index is 12.8. The predicted molar refractivity (Wildman–Crippen MR) is 82.2 cm³/mol. The molecule has 0 aliphatic carbocycles. The first-order valence-electron chi connectivity index (χ1n) is 7.41. The van der Waals surface area contributed by atoms with Crippen LogP contribution in [0.4, 0.5) is 13.2 Å². The van der Waals surface area contributed by atoms with Crippen LogP contribution in [0.3, 0.4) is 0 Å². The molecule has 0 radical (unpaired) electrons. The van der Waals surface area contributed by atoms with Gasteiger partial charge in [0.25, 0.3) is 0 Å². The number of alkyl halides is 3. The van der Waals surface area contributed by atoms with Crippen molar-refractivity contribution in [2.75, 3.05) is 6.54 Å². The maximum absolute atomic E-state index is 12.8. The molecule has 2 rings (SSSR count). The van der Waals surface area contributed by atoms with Crippen molar-refractivity contribution in [3.8, 4) is 0 Å². The second-order valence-corrected chi connectivity index (χ2v) is 6.23. The summed E-state index contributed by atoms with van der Waals surface area (Å²) in [7, 11) is 0. The number of benzene rings is 1. The van der Waals surface area contributed by atoms with E-state index < -0.39 is 23.2 Å². The highest BCUT2D eigenvalue weighted by Crippen LogP contribution is 2.32. The molecule has 130 valence electrons. The molecule has 0 saturated carbocycles. The normalized spacial score (nSPS) is 13.6. The number of carbonyl (C=O) groups is 1. The van der Waals surface area contributed by atoms with Gasteiger partial charge in [0.2, 0.25) is 5.91 Å². The van der Waals surface area contributed by atoms with Crippen LogP contribution in [0.1, 0.15) is 37.9 Å². The molecule has 0 fully saturated rings. The Bertz CT molecular complexity index is 696. The van der Waals surface area contributed by atoms with Crippen LogP contribution in [-0.4, -0.2) is 27.2 Å². The van der Waals surface area contributed by atoms with Gasteiger partial charge in [0, 0.05) is 12.0 Å². The first kappa shape index (κ1) is 18.0. The number of halogens is 3. The summed E-state index contributed by atoms with van der Waals surface area (Å²) in [6.45, 7) is 5.43. The minimum atomic E-state index is -4.39. The fourth-order valence-electron chi connectivity index (χ4n) is 2.21. The molecule has 1 N–H and O–H groups in total. The van der Waals surface area contributed by atoms with Gasteiger partial charge in [-0.05, 0) is 18.6 Å². The Morgan fingerprint density at radius 3 is 2.54 bits per heavy atom. The lowest BCUT2D eigenvalue weighted by atomic mass is 9.83. The predicted octanol–water partition coefficient (Wildman–Crippen LogP) is 2.95. The zero-order valence-electron chi connectivity index (χ0n) is 13.6. The van der Waals surface area contributed by atoms with Crippen LogP contribution >= 0.6 is 0 Å². The van der Waals surface area contributed by atoms with E-state index in [1.165, 1.54) is 23.4 Å². The summed E-state index contributed by atoms with van der Waals surface area (Å²) in [6, 6.07) is 4.60. The second kappa shape index (κ2) is 6.62. The van der Waals surface area contributed by atoms with E-state index in [0.29, 0.717) is 5.56 Å². The molecule has 2 aromatic rings. The Morgan fingerprint density at radius 2 is 1.96 bits per heavy atom. The molecule has 0 bridgehead atoms. The lowest BCUT2D eigenvalue weighted by Crippen LogP contribution is -2.40. The standard InChI is InChI=1S/C16H19F3N4O/c1-11(23-10-20-9-22-23)14(24)21-8-15(2,3)12-5-4-6-13(7-12)16(17,18)19/h4-7,9-11H,8H2,1-3H3,(H,21,24)/t11-/m1/s1. The van der Waals surface area contributed by atoms with Crippen molar-refractivity contribution in [2.24, 2.45) is 0 Å². The summed E-state index contributed by atoms with van der Waals surface area (Å²) >= 11 is 0. The highest BCUT2D eigenvalue weighted by molar-refractivity contribution is 5.79. The van der Waals surface area contributed by atoms with Crippen LogP contribution in [-0.2, 0) is 16.4 Å². The number of amides is 1. The van der Waals surface area contributed by atoms with Gasteiger partial charge in [-0.25, -0.2) is 9.67 Å². The molecule has 0 spiro atoms. The molecule has 0 aliphatic heterocycles. The van der Waals surface area contributed by atoms with Crippen molar-refractivity contribution in [2.45, 2.75) is 38.4 Å². The first-order valence-corrected chi connectivity index (χ1v) is 7.41. The zero-order chi connectivity index (χ0) is 18.0. The van der Waals surface area contributed by atoms with E-state index >= 15 is 0 Å². The number of nitrogens with one attached hydrogen (secondary N) is 1. The number of nitrogens with zero attached hydrogens (tertiary/aromatic N) is 3. The average molecular weight is 340 g/mol. The summed E-state index contributed by atoms with van der Waals surface area (Å²) in [4.78, 5) is 15.9. The number of rotatable bonds is 5. The van der Waals surface area contributed by atoms with Crippen molar-refractivity contribution in [1.29, 1.82) is 0 Å². The molecule has 1 aromatic carbocycles. The summed E-state index contributed by atoms with van der Waals surface area (Å²) in [6.07, 6.45) is -1.63. The number of hydrogen-bond acceptors (Lipinski definition) is 3. The first-order chi connectivity index (χ1) is 11.1. The molecule has 0 unspecified atom stereocenters. The summed E-state index contributed by atoms with van der Waals surface area (Å²) < 4.78 is 40.0. The Labute approximate surface area is 137 Å². The molecule has 1 amide bonds. The van der Waals surface area contributed by atoms with E-state index in [-0.39, 0.29) is 12.5 Å². The molecule has 0 saturated heterocycles. The number of hydrogen-bond donors (Lipinski definition) is 1. The van der Waals surface area contributed by atoms with Gasteiger partial charge in [-0.3, -0.25) is 4.79 Å². The lowest BCUT2D eigenvalue weighted by molar-refractivity contribution is -0.137. The molecule has 0 aliphatic rings. The van der Waals surface area contributed by atoms with E-state index in [0.717, 1.165) is 12.1 Å². The third-order valence-corrected chi connectivity index (χ3v) is 3.89. The molecule has 24 heavy (non-hydrogen) atoms. The van der Waals surface area contributed by atoms with Crippen molar-refractivity contribution in [3.05, 3.63) is 48.0 Å². The third-order valence-electron chi connectivity index (χ3n) is 3.89. The molecule has 1 aromatic heterocycles. The number of aromatic nitrogens is 3. The highest BCUT2D eigenvalue weighted by Gasteiger charge is 2.32. The highest BCUT2D eigenvalue weighted by atomic mass is 19.4. The largest absolute Gasteiger partial charge is 0.416 e. The van der Waals surface area contributed by atoms with E-state index in [2.05, 4.69) is 15.4 Å². The van der Waals surface area contributed by atoms with Gasteiger partial charge in [-0.2, -0.15) is 18.3 Å². The minimum Gasteiger partial charge on any atom is -0.353 e. The van der Waals surface area contributed by atoms with Crippen molar-refractivity contribution in [1.82, 2.24) is 20.1 Å².